The van der Waals surface area contributed by atoms with Gasteiger partial charge in [0.2, 0.25) is 5.91 Å². The van der Waals surface area contributed by atoms with Crippen LogP contribution in [-0.2, 0) is 14.6 Å². The Hall–Kier alpha value is -1.45. The molecule has 0 bridgehead atoms. The van der Waals surface area contributed by atoms with Crippen LogP contribution in [0, 0.1) is 0 Å². The summed E-state index contributed by atoms with van der Waals surface area (Å²) in [5.41, 5.74) is 0. The zero-order valence-electron chi connectivity index (χ0n) is 14.2. The van der Waals surface area contributed by atoms with E-state index in [0.717, 1.165) is 6.26 Å². The van der Waals surface area contributed by atoms with Crippen molar-refractivity contribution in [1.82, 2.24) is 15.1 Å². The molecule has 0 aromatic carbocycles. The topological polar surface area (TPSA) is 86.8 Å². The Bertz CT molecular complexity index is 731. The lowest BCUT2D eigenvalue weighted by atomic mass is 9.95. The molecule has 2 fully saturated rings. The Morgan fingerprint density at radius 2 is 1.72 bits per heavy atom. The maximum absolute atomic E-state index is 13.0. The minimum atomic E-state index is -3.51. The second-order valence-corrected chi connectivity index (χ2v) is 9.85. The summed E-state index contributed by atoms with van der Waals surface area (Å²) in [7, 11) is -3.51. The number of nitrogens with one attached hydrogen (secondary N) is 1. The SMILES string of the molecule is CS(=O)(=O)C1(C(=O)N2CCN(C(=O)c3cccs3)CC2)CCNCC1. The van der Waals surface area contributed by atoms with Crippen LogP contribution in [0.3, 0.4) is 0 Å². The van der Waals surface area contributed by atoms with Crippen LogP contribution in [0.25, 0.3) is 0 Å². The molecule has 1 aromatic rings. The van der Waals surface area contributed by atoms with Gasteiger partial charge in [0.15, 0.2) is 14.6 Å². The number of piperazine rings is 1. The Kier molecular flexibility index (Phi) is 5.17. The molecular weight excluding hydrogens is 362 g/mol. The van der Waals surface area contributed by atoms with Gasteiger partial charge in [-0.3, -0.25) is 9.59 Å². The van der Waals surface area contributed by atoms with Crippen LogP contribution in [0.15, 0.2) is 17.5 Å². The maximum Gasteiger partial charge on any atom is 0.264 e. The lowest BCUT2D eigenvalue weighted by molar-refractivity contribution is -0.136. The van der Waals surface area contributed by atoms with E-state index in [0.29, 0.717) is 57.0 Å². The molecule has 3 heterocycles. The van der Waals surface area contributed by atoms with Crippen LogP contribution in [0.5, 0.6) is 0 Å². The number of sulfone groups is 1. The highest BCUT2D eigenvalue weighted by molar-refractivity contribution is 7.92. The summed E-state index contributed by atoms with van der Waals surface area (Å²) in [5.74, 6) is -0.332. The molecule has 0 unspecified atom stereocenters. The molecule has 3 rings (SSSR count). The number of nitrogens with zero attached hydrogens (tertiary/aromatic N) is 2. The van der Waals surface area contributed by atoms with Crippen molar-refractivity contribution in [3.63, 3.8) is 0 Å². The molecule has 7 nitrogen and oxygen atoms in total. The minimum Gasteiger partial charge on any atom is -0.338 e. The predicted octanol–water partition coefficient (Wildman–Crippen LogP) is 0.199. The van der Waals surface area contributed by atoms with E-state index in [9.17, 15) is 18.0 Å². The Morgan fingerprint density at radius 1 is 1.12 bits per heavy atom. The predicted molar refractivity (Wildman–Crippen MR) is 96.5 cm³/mol. The van der Waals surface area contributed by atoms with E-state index >= 15 is 0 Å². The van der Waals surface area contributed by atoms with E-state index in [-0.39, 0.29) is 11.8 Å². The molecule has 0 radical (unpaired) electrons. The van der Waals surface area contributed by atoms with Gasteiger partial charge >= 0.3 is 0 Å². The van der Waals surface area contributed by atoms with Crippen LogP contribution >= 0.6 is 11.3 Å². The molecule has 2 amide bonds. The molecule has 1 aromatic heterocycles. The molecule has 1 N–H and O–H groups in total. The summed E-state index contributed by atoms with van der Waals surface area (Å²) in [6.07, 6.45) is 1.77. The van der Waals surface area contributed by atoms with Gasteiger partial charge in [-0.25, -0.2) is 8.42 Å². The Labute approximate surface area is 151 Å². The van der Waals surface area contributed by atoms with Crippen LogP contribution in [0.4, 0.5) is 0 Å². The van der Waals surface area contributed by atoms with Crippen molar-refractivity contribution in [3.8, 4) is 0 Å². The minimum absolute atomic E-state index is 0.0261. The van der Waals surface area contributed by atoms with Gasteiger partial charge in [-0.05, 0) is 37.4 Å². The molecule has 2 aliphatic heterocycles. The van der Waals surface area contributed by atoms with Crippen molar-refractivity contribution in [1.29, 1.82) is 0 Å². The number of carbonyl (C=O) groups excluding carboxylic acids is 2. The molecule has 0 spiro atoms. The fraction of sp³-hybridized carbons (Fsp3) is 0.625. The Balaban J connectivity index is 1.69. The third-order valence-corrected chi connectivity index (χ3v) is 7.96. The lowest BCUT2D eigenvalue weighted by Crippen LogP contribution is -2.61. The van der Waals surface area contributed by atoms with Crippen molar-refractivity contribution in [3.05, 3.63) is 22.4 Å². The molecule has 2 aliphatic rings. The number of hydrogen-bond donors (Lipinski definition) is 1. The van der Waals surface area contributed by atoms with Crippen LogP contribution in [-0.4, -0.2) is 80.3 Å². The number of carbonyl (C=O) groups is 2. The first-order valence-corrected chi connectivity index (χ1v) is 11.1. The number of amides is 2. The molecule has 25 heavy (non-hydrogen) atoms. The van der Waals surface area contributed by atoms with E-state index in [4.69, 9.17) is 0 Å². The van der Waals surface area contributed by atoms with Gasteiger partial charge in [-0.15, -0.1) is 11.3 Å². The zero-order chi connectivity index (χ0) is 18.1. The average molecular weight is 386 g/mol. The number of hydrogen-bond acceptors (Lipinski definition) is 6. The fourth-order valence-corrected chi connectivity index (χ4v) is 5.61. The highest BCUT2D eigenvalue weighted by Crippen LogP contribution is 2.30. The first-order valence-electron chi connectivity index (χ1n) is 8.38. The number of piperidine rings is 1. The number of rotatable bonds is 3. The fourth-order valence-electron chi connectivity index (χ4n) is 3.53. The van der Waals surface area contributed by atoms with E-state index in [1.54, 1.807) is 15.9 Å². The summed E-state index contributed by atoms with van der Waals surface area (Å²) < 4.78 is 23.4. The van der Waals surface area contributed by atoms with Gasteiger partial charge in [0, 0.05) is 32.4 Å². The Morgan fingerprint density at radius 3 is 2.24 bits per heavy atom. The molecule has 0 saturated carbocycles. The summed E-state index contributed by atoms with van der Waals surface area (Å²) in [5, 5.41) is 4.98. The molecule has 2 saturated heterocycles. The lowest BCUT2D eigenvalue weighted by Gasteiger charge is -2.41. The van der Waals surface area contributed by atoms with E-state index in [2.05, 4.69) is 5.32 Å². The first kappa shape index (κ1) is 18.3. The van der Waals surface area contributed by atoms with Gasteiger partial charge in [0.05, 0.1) is 4.88 Å². The highest BCUT2D eigenvalue weighted by Gasteiger charge is 2.50. The smallest absolute Gasteiger partial charge is 0.264 e. The van der Waals surface area contributed by atoms with E-state index in [1.807, 2.05) is 11.4 Å². The molecular formula is C16H23N3O4S2. The van der Waals surface area contributed by atoms with Crippen molar-refractivity contribution >= 4 is 33.0 Å². The third kappa shape index (κ3) is 3.45. The van der Waals surface area contributed by atoms with Crippen molar-refractivity contribution in [2.24, 2.45) is 0 Å². The van der Waals surface area contributed by atoms with Crippen LogP contribution in [0.2, 0.25) is 0 Å². The summed E-state index contributed by atoms with van der Waals surface area (Å²) in [4.78, 5) is 29.5. The second-order valence-electron chi connectivity index (χ2n) is 6.58. The quantitative estimate of drug-likeness (QED) is 0.803. The van der Waals surface area contributed by atoms with Crippen LogP contribution < -0.4 is 5.32 Å². The summed E-state index contributed by atoms with van der Waals surface area (Å²) in [6, 6.07) is 3.63. The summed E-state index contributed by atoms with van der Waals surface area (Å²) in [6.45, 7) is 2.66. The van der Waals surface area contributed by atoms with E-state index < -0.39 is 14.6 Å². The normalized spacial score (nSPS) is 21.2. The molecule has 138 valence electrons. The van der Waals surface area contributed by atoms with Gasteiger partial charge in [-0.1, -0.05) is 6.07 Å². The standard InChI is InChI=1S/C16H23N3O4S2/c1-25(22,23)16(4-6-17-7-5-16)15(21)19-10-8-18(9-11-19)14(20)13-3-2-12-24-13/h2-3,12,17H,4-11H2,1H3. The van der Waals surface area contributed by atoms with Crippen LogP contribution in [0.1, 0.15) is 22.5 Å². The maximum atomic E-state index is 13.0. The van der Waals surface area contributed by atoms with Gasteiger partial charge < -0.3 is 15.1 Å². The monoisotopic (exact) mass is 385 g/mol. The molecule has 0 aliphatic carbocycles. The molecule has 0 atom stereocenters. The highest BCUT2D eigenvalue weighted by atomic mass is 32.2. The summed E-state index contributed by atoms with van der Waals surface area (Å²) >= 11 is 1.40. The van der Waals surface area contributed by atoms with Crippen molar-refractivity contribution < 1.29 is 18.0 Å². The van der Waals surface area contributed by atoms with E-state index in [1.165, 1.54) is 11.3 Å². The average Bonchev–Trinajstić information content (AvgIpc) is 3.15. The van der Waals surface area contributed by atoms with Gasteiger partial charge in [0.1, 0.15) is 0 Å². The largest absolute Gasteiger partial charge is 0.338 e. The third-order valence-electron chi connectivity index (χ3n) is 5.10. The number of thiophene rings is 1. The second kappa shape index (κ2) is 7.05. The van der Waals surface area contributed by atoms with Gasteiger partial charge in [-0.2, -0.15) is 0 Å². The van der Waals surface area contributed by atoms with Crippen molar-refractivity contribution in [2.75, 3.05) is 45.5 Å². The zero-order valence-corrected chi connectivity index (χ0v) is 15.9. The first-order chi connectivity index (χ1) is 11.8. The van der Waals surface area contributed by atoms with Gasteiger partial charge in [0.25, 0.3) is 5.91 Å². The molecule has 9 heteroatoms. The van der Waals surface area contributed by atoms with Crippen molar-refractivity contribution in [2.45, 2.75) is 17.6 Å².